The quantitative estimate of drug-likeness (QED) is 0.380. The van der Waals surface area contributed by atoms with Crippen molar-refractivity contribution >= 4 is 34.0 Å². The van der Waals surface area contributed by atoms with Gasteiger partial charge in [-0.15, -0.1) is 0 Å². The second kappa shape index (κ2) is 10.00. The van der Waals surface area contributed by atoms with Gasteiger partial charge in [-0.2, -0.15) is 0 Å². The number of anilines is 4. The summed E-state index contributed by atoms with van der Waals surface area (Å²) in [5.41, 5.74) is 2.58. The number of hydrogen-bond acceptors (Lipinski definition) is 10. The lowest BCUT2D eigenvalue weighted by Gasteiger charge is -2.33. The largest absolute Gasteiger partial charge is 0.365 e. The number of nitrogens with zero attached hydrogens (tertiary/aromatic N) is 7. The predicted molar refractivity (Wildman–Crippen MR) is 143 cm³/mol. The van der Waals surface area contributed by atoms with E-state index >= 15 is 0 Å². The maximum Gasteiger partial charge on any atom is 0.162 e. The van der Waals surface area contributed by atoms with Crippen molar-refractivity contribution in [1.29, 1.82) is 0 Å². The minimum atomic E-state index is 0.347. The molecule has 6 rings (SSSR count). The second-order valence-electron chi connectivity index (χ2n) is 9.37. The normalized spacial score (nSPS) is 18.5. The minimum Gasteiger partial charge on any atom is -0.365 e. The summed E-state index contributed by atoms with van der Waals surface area (Å²) in [7, 11) is 2.16. The third kappa shape index (κ3) is 4.91. The van der Waals surface area contributed by atoms with Crippen LogP contribution in [0.15, 0.2) is 55.1 Å². The number of likely N-dealkylation sites (N-methyl/N-ethyl adjacent to an activating group) is 1. The van der Waals surface area contributed by atoms with Crippen molar-refractivity contribution in [2.24, 2.45) is 0 Å². The van der Waals surface area contributed by atoms with E-state index in [4.69, 9.17) is 9.97 Å². The molecular formula is C26H30N10. The lowest BCUT2D eigenvalue weighted by atomic mass is 10.2. The van der Waals surface area contributed by atoms with Crippen molar-refractivity contribution in [3.05, 3.63) is 55.1 Å². The first-order chi connectivity index (χ1) is 17.7. The van der Waals surface area contributed by atoms with E-state index in [0.717, 1.165) is 79.5 Å². The van der Waals surface area contributed by atoms with Crippen molar-refractivity contribution in [2.45, 2.75) is 12.5 Å². The van der Waals surface area contributed by atoms with Crippen molar-refractivity contribution in [3.63, 3.8) is 0 Å². The molecule has 2 aliphatic heterocycles. The highest BCUT2D eigenvalue weighted by Crippen LogP contribution is 2.27. The van der Waals surface area contributed by atoms with Gasteiger partial charge in [0.05, 0.1) is 23.6 Å². The standard InChI is InChI=1S/C26H30N10/c1-35-10-12-36(13-11-35)24-3-2-19(16-30-24)31-23-14-18(4-9-29-23)25-33-22-17-28-8-6-21(22)26(34-25)32-20-5-7-27-15-20/h2-4,6,8-9,14,16-17,20,27H,5,7,10-13,15H2,1H3,(H,29,31)(H,32,33,34)/t20-/m1/s1. The Labute approximate surface area is 210 Å². The summed E-state index contributed by atoms with van der Waals surface area (Å²) in [6, 6.07) is 10.3. The zero-order chi connectivity index (χ0) is 24.3. The third-order valence-electron chi connectivity index (χ3n) is 6.77. The average molecular weight is 483 g/mol. The molecule has 2 saturated heterocycles. The van der Waals surface area contributed by atoms with Crippen LogP contribution in [0.1, 0.15) is 6.42 Å². The number of piperazine rings is 1. The SMILES string of the molecule is CN1CCN(c2ccc(Nc3cc(-c4nc(N[C@@H]5CCNC5)c5ccncc5n4)ccn3)cn2)CC1. The first kappa shape index (κ1) is 22.6. The molecule has 4 aromatic heterocycles. The average Bonchev–Trinajstić information content (AvgIpc) is 3.43. The molecule has 0 saturated carbocycles. The summed E-state index contributed by atoms with van der Waals surface area (Å²) in [5.74, 6) is 3.19. The van der Waals surface area contributed by atoms with Crippen LogP contribution in [0.25, 0.3) is 22.3 Å². The van der Waals surface area contributed by atoms with Crippen LogP contribution in [-0.2, 0) is 0 Å². The molecule has 184 valence electrons. The van der Waals surface area contributed by atoms with Gasteiger partial charge in [-0.25, -0.2) is 19.9 Å². The Morgan fingerprint density at radius 3 is 2.69 bits per heavy atom. The van der Waals surface area contributed by atoms with E-state index in [9.17, 15) is 0 Å². The fourth-order valence-electron chi connectivity index (χ4n) is 4.66. The highest BCUT2D eigenvalue weighted by molar-refractivity contribution is 5.90. The van der Waals surface area contributed by atoms with Gasteiger partial charge in [0.1, 0.15) is 17.5 Å². The number of hydrogen-bond donors (Lipinski definition) is 3. The Bertz CT molecular complexity index is 1330. The van der Waals surface area contributed by atoms with Crippen LogP contribution in [0.5, 0.6) is 0 Å². The van der Waals surface area contributed by atoms with Gasteiger partial charge >= 0.3 is 0 Å². The van der Waals surface area contributed by atoms with Gasteiger partial charge in [0.2, 0.25) is 0 Å². The van der Waals surface area contributed by atoms with Gasteiger partial charge in [0.25, 0.3) is 0 Å². The molecule has 2 aliphatic rings. The molecule has 0 unspecified atom stereocenters. The van der Waals surface area contributed by atoms with E-state index in [1.54, 1.807) is 18.6 Å². The summed E-state index contributed by atoms with van der Waals surface area (Å²) in [6.45, 7) is 6.04. The van der Waals surface area contributed by atoms with Crippen LogP contribution in [0.3, 0.4) is 0 Å². The fraction of sp³-hybridized carbons (Fsp3) is 0.346. The zero-order valence-electron chi connectivity index (χ0n) is 20.4. The van der Waals surface area contributed by atoms with Crippen LogP contribution in [-0.4, -0.2) is 82.2 Å². The van der Waals surface area contributed by atoms with E-state index < -0.39 is 0 Å². The lowest BCUT2D eigenvalue weighted by Crippen LogP contribution is -2.44. The van der Waals surface area contributed by atoms with Gasteiger partial charge in [-0.1, -0.05) is 0 Å². The van der Waals surface area contributed by atoms with E-state index in [-0.39, 0.29) is 0 Å². The maximum absolute atomic E-state index is 4.90. The minimum absolute atomic E-state index is 0.347. The number of rotatable bonds is 6. The number of aromatic nitrogens is 5. The van der Waals surface area contributed by atoms with Crippen molar-refractivity contribution in [3.8, 4) is 11.4 Å². The number of pyridine rings is 3. The molecule has 0 radical (unpaired) electrons. The Hall–Kier alpha value is -3.89. The molecule has 3 N–H and O–H groups in total. The first-order valence-corrected chi connectivity index (χ1v) is 12.4. The van der Waals surface area contributed by atoms with E-state index in [1.807, 2.05) is 30.5 Å². The molecule has 1 atom stereocenters. The molecule has 0 spiro atoms. The second-order valence-corrected chi connectivity index (χ2v) is 9.37. The van der Waals surface area contributed by atoms with E-state index in [2.05, 4.69) is 53.8 Å². The summed E-state index contributed by atoms with van der Waals surface area (Å²) in [6.07, 6.45) is 8.26. The predicted octanol–water partition coefficient (Wildman–Crippen LogP) is 2.75. The van der Waals surface area contributed by atoms with Gasteiger partial charge in [0.15, 0.2) is 5.82 Å². The highest BCUT2D eigenvalue weighted by atomic mass is 15.3. The van der Waals surface area contributed by atoms with Crippen LogP contribution in [0.4, 0.5) is 23.1 Å². The molecule has 10 nitrogen and oxygen atoms in total. The Kier molecular flexibility index (Phi) is 6.27. The fourth-order valence-corrected chi connectivity index (χ4v) is 4.66. The third-order valence-corrected chi connectivity index (χ3v) is 6.77. The Morgan fingerprint density at radius 1 is 0.972 bits per heavy atom. The van der Waals surface area contributed by atoms with E-state index in [1.165, 1.54) is 0 Å². The van der Waals surface area contributed by atoms with Crippen LogP contribution in [0.2, 0.25) is 0 Å². The monoisotopic (exact) mass is 482 g/mol. The molecule has 0 aromatic carbocycles. The molecule has 0 bridgehead atoms. The molecule has 2 fully saturated rings. The summed E-state index contributed by atoms with van der Waals surface area (Å²) >= 11 is 0. The van der Waals surface area contributed by atoms with Gasteiger partial charge in [0, 0.05) is 62.1 Å². The van der Waals surface area contributed by atoms with Crippen molar-refractivity contribution in [1.82, 2.24) is 35.1 Å². The molecular weight excluding hydrogens is 452 g/mol. The van der Waals surface area contributed by atoms with Gasteiger partial charge in [-0.3, -0.25) is 4.98 Å². The maximum atomic E-state index is 4.90. The highest BCUT2D eigenvalue weighted by Gasteiger charge is 2.18. The summed E-state index contributed by atoms with van der Waals surface area (Å²) in [5, 5.41) is 11.3. The van der Waals surface area contributed by atoms with Crippen molar-refractivity contribution < 1.29 is 0 Å². The lowest BCUT2D eigenvalue weighted by molar-refractivity contribution is 0.312. The zero-order valence-corrected chi connectivity index (χ0v) is 20.4. The summed E-state index contributed by atoms with van der Waals surface area (Å²) < 4.78 is 0. The molecule has 36 heavy (non-hydrogen) atoms. The smallest absolute Gasteiger partial charge is 0.162 e. The molecule has 4 aromatic rings. The van der Waals surface area contributed by atoms with Gasteiger partial charge < -0.3 is 25.8 Å². The Balaban J connectivity index is 1.23. The number of fused-ring (bicyclic) bond motifs is 1. The molecule has 0 amide bonds. The van der Waals surface area contributed by atoms with Crippen molar-refractivity contribution in [2.75, 3.05) is 61.8 Å². The number of nitrogens with one attached hydrogen (secondary N) is 3. The van der Waals surface area contributed by atoms with Crippen LogP contribution >= 0.6 is 0 Å². The van der Waals surface area contributed by atoms with E-state index in [0.29, 0.717) is 17.7 Å². The molecule has 10 heteroatoms. The van der Waals surface area contributed by atoms with Crippen LogP contribution in [0, 0.1) is 0 Å². The van der Waals surface area contributed by atoms with Gasteiger partial charge in [-0.05, 0) is 50.3 Å². The first-order valence-electron chi connectivity index (χ1n) is 12.4. The summed E-state index contributed by atoms with van der Waals surface area (Å²) in [4.78, 5) is 27.8. The Morgan fingerprint density at radius 2 is 1.89 bits per heavy atom. The van der Waals surface area contributed by atoms with Crippen LogP contribution < -0.4 is 20.9 Å². The topological polar surface area (TPSA) is 107 Å². The molecule has 6 heterocycles. The molecule has 0 aliphatic carbocycles.